The minimum Gasteiger partial charge on any atom is -0.748 e. The van der Waals surface area contributed by atoms with Crippen molar-refractivity contribution in [3.05, 3.63) is 53.5 Å². The fourth-order valence-corrected chi connectivity index (χ4v) is 2.68. The molecular weight excluding hydrogens is 427 g/mol. The zero-order valence-corrected chi connectivity index (χ0v) is 18.3. The molecule has 31 heavy (non-hydrogen) atoms. The molecule has 2 heterocycles. The van der Waals surface area contributed by atoms with Crippen molar-refractivity contribution in [1.82, 2.24) is 9.97 Å². The highest BCUT2D eigenvalue weighted by molar-refractivity contribution is 7.84. The second-order valence-electron chi connectivity index (χ2n) is 8.09. The summed E-state index contributed by atoms with van der Waals surface area (Å²) in [6, 6.07) is 7.99. The molecule has 0 saturated heterocycles. The number of nitrogen functional groups attached to an aromatic ring is 1. The number of ketones is 2. The molecule has 0 bridgehead atoms. The Labute approximate surface area is 178 Å². The summed E-state index contributed by atoms with van der Waals surface area (Å²) >= 11 is 0. The number of aromatic nitrogens is 3. The van der Waals surface area contributed by atoms with Crippen molar-refractivity contribution in [3.63, 3.8) is 0 Å². The first-order valence-corrected chi connectivity index (χ1v) is 10.9. The van der Waals surface area contributed by atoms with Crippen molar-refractivity contribution < 1.29 is 31.5 Å². The summed E-state index contributed by atoms with van der Waals surface area (Å²) in [7, 11) is -3.92. The Morgan fingerprint density at radius 3 is 2.19 bits per heavy atom. The van der Waals surface area contributed by atoms with E-state index in [-0.39, 0.29) is 16.7 Å². The number of H-pyrrole nitrogens is 1. The molecule has 166 valence electrons. The first-order chi connectivity index (χ1) is 14.2. The standard InChI is InChI=1S/C19H19FN4O2.CH4O3S/c1-19(2,3)10-24-17-14(23-18(24)21)9-8-13(22-17)16(26)15(25)11-4-6-12(20)7-5-11;1-5(2,3)4/h4-9H,10H2,1-3H3,(H2,21,23,26);1H3,(H,2,3,4). The van der Waals surface area contributed by atoms with E-state index in [2.05, 4.69) is 30.7 Å². The number of anilines is 1. The molecule has 3 rings (SSSR count). The molecule has 2 aromatic heterocycles. The Morgan fingerprint density at radius 1 is 1.13 bits per heavy atom. The van der Waals surface area contributed by atoms with E-state index in [1.807, 2.05) is 0 Å². The van der Waals surface area contributed by atoms with Crippen LogP contribution in [-0.4, -0.2) is 40.8 Å². The number of carbonyl (C=O) groups is 2. The summed E-state index contributed by atoms with van der Waals surface area (Å²) in [4.78, 5) is 32.3. The van der Waals surface area contributed by atoms with Gasteiger partial charge < -0.3 is 10.3 Å². The number of carbonyl (C=O) groups excluding carboxylic acids is 2. The molecule has 0 unspecified atom stereocenters. The maximum absolute atomic E-state index is 13.0. The molecule has 0 aliphatic carbocycles. The maximum atomic E-state index is 13.0. The topological polar surface area (TPSA) is 150 Å². The monoisotopic (exact) mass is 450 g/mol. The number of halogens is 1. The summed E-state index contributed by atoms with van der Waals surface area (Å²) in [5.41, 5.74) is 7.31. The number of rotatable bonds is 4. The fourth-order valence-electron chi connectivity index (χ4n) is 2.68. The third kappa shape index (κ3) is 6.93. The molecule has 0 aliphatic heterocycles. The van der Waals surface area contributed by atoms with Crippen molar-refractivity contribution in [2.45, 2.75) is 27.3 Å². The Morgan fingerprint density at radius 2 is 1.68 bits per heavy atom. The van der Waals surface area contributed by atoms with Crippen LogP contribution in [0, 0.1) is 11.2 Å². The second kappa shape index (κ2) is 8.90. The van der Waals surface area contributed by atoms with Gasteiger partial charge in [-0.05, 0) is 41.8 Å². The summed E-state index contributed by atoms with van der Waals surface area (Å²) in [5.74, 6) is -1.53. The van der Waals surface area contributed by atoms with Crippen molar-refractivity contribution in [2.75, 3.05) is 12.0 Å². The van der Waals surface area contributed by atoms with E-state index in [0.717, 1.165) is 12.1 Å². The van der Waals surface area contributed by atoms with Gasteiger partial charge in [0, 0.05) is 11.8 Å². The Bertz CT molecular complexity index is 1220. The molecule has 0 atom stereocenters. The van der Waals surface area contributed by atoms with Crippen LogP contribution in [0.2, 0.25) is 0 Å². The number of aromatic amines is 1. The smallest absolute Gasteiger partial charge is 0.312 e. The number of nitrogens with zero attached hydrogens (tertiary/aromatic N) is 2. The Hall–Kier alpha value is -3.18. The highest BCUT2D eigenvalue weighted by atomic mass is 32.2. The molecule has 0 aliphatic rings. The predicted octanol–water partition coefficient (Wildman–Crippen LogP) is 1.84. The second-order valence-corrected chi connectivity index (χ2v) is 9.50. The molecule has 3 N–H and O–H groups in total. The number of nitrogens with two attached hydrogens (primary N) is 1. The number of benzene rings is 1. The van der Waals surface area contributed by atoms with E-state index in [1.165, 1.54) is 18.2 Å². The van der Waals surface area contributed by atoms with Crippen LogP contribution in [0.4, 0.5) is 10.3 Å². The average Bonchev–Trinajstić information content (AvgIpc) is 2.93. The first kappa shape index (κ1) is 24.1. The van der Waals surface area contributed by atoms with Crippen molar-refractivity contribution in [3.8, 4) is 0 Å². The molecule has 0 fully saturated rings. The molecule has 1 aromatic carbocycles. The van der Waals surface area contributed by atoms with Gasteiger partial charge in [-0.15, -0.1) is 4.98 Å². The maximum Gasteiger partial charge on any atom is 0.312 e. The fraction of sp³-hybridized carbons (Fsp3) is 0.300. The van der Waals surface area contributed by atoms with E-state index < -0.39 is 27.5 Å². The average molecular weight is 450 g/mol. The lowest BCUT2D eigenvalue weighted by molar-refractivity contribution is -0.670. The molecule has 0 amide bonds. The van der Waals surface area contributed by atoms with Crippen molar-refractivity contribution >= 4 is 38.8 Å². The van der Waals surface area contributed by atoms with E-state index in [1.54, 1.807) is 10.6 Å². The van der Waals surface area contributed by atoms with Gasteiger partial charge in [-0.1, -0.05) is 20.8 Å². The van der Waals surface area contributed by atoms with E-state index in [4.69, 9.17) is 18.7 Å². The Balaban J connectivity index is 0.000000614. The van der Waals surface area contributed by atoms with Crippen LogP contribution in [0.1, 0.15) is 41.6 Å². The summed E-state index contributed by atoms with van der Waals surface area (Å²) < 4.78 is 42.0. The van der Waals surface area contributed by atoms with Crippen LogP contribution in [0.15, 0.2) is 36.4 Å². The summed E-state index contributed by atoms with van der Waals surface area (Å²) in [6.45, 7) is 6.78. The van der Waals surface area contributed by atoms with Crippen LogP contribution in [-0.2, 0) is 16.7 Å². The number of fused-ring (bicyclic) bond motifs is 1. The number of hydrogen-bond acceptors (Lipinski definition) is 7. The van der Waals surface area contributed by atoms with E-state index in [0.29, 0.717) is 29.9 Å². The van der Waals surface area contributed by atoms with Crippen LogP contribution >= 0.6 is 0 Å². The van der Waals surface area contributed by atoms with Gasteiger partial charge in [-0.2, -0.15) is 0 Å². The van der Waals surface area contributed by atoms with Gasteiger partial charge in [-0.3, -0.25) is 14.6 Å². The summed E-state index contributed by atoms with van der Waals surface area (Å²) in [6.07, 6.45) is 0.604. The molecule has 0 spiro atoms. The molecule has 0 radical (unpaired) electrons. The quantitative estimate of drug-likeness (QED) is 0.266. The van der Waals surface area contributed by atoms with Gasteiger partial charge in [-0.25, -0.2) is 17.4 Å². The molecule has 11 heteroatoms. The Kier molecular flexibility index (Phi) is 6.92. The van der Waals surface area contributed by atoms with Crippen LogP contribution in [0.3, 0.4) is 0 Å². The van der Waals surface area contributed by atoms with Crippen LogP contribution in [0.5, 0.6) is 0 Å². The molecule has 9 nitrogen and oxygen atoms in total. The summed E-state index contributed by atoms with van der Waals surface area (Å²) in [5, 5.41) is 0. The number of Topliss-reactive ketones (excluding diaryl/α,β-unsaturated/α-hetero) is 2. The minimum absolute atomic E-state index is 0.0217. The third-order valence-electron chi connectivity index (χ3n) is 3.86. The first-order valence-electron chi connectivity index (χ1n) is 9.09. The lowest BCUT2D eigenvalue weighted by atomic mass is 9.97. The van der Waals surface area contributed by atoms with Gasteiger partial charge in [0.2, 0.25) is 5.78 Å². The van der Waals surface area contributed by atoms with Gasteiger partial charge in [0.25, 0.3) is 11.4 Å². The highest BCUT2D eigenvalue weighted by Crippen LogP contribution is 2.17. The lowest BCUT2D eigenvalue weighted by Gasteiger charge is -2.16. The minimum atomic E-state index is -3.92. The van der Waals surface area contributed by atoms with Gasteiger partial charge >= 0.3 is 5.95 Å². The highest BCUT2D eigenvalue weighted by Gasteiger charge is 2.26. The van der Waals surface area contributed by atoms with Crippen LogP contribution < -0.4 is 10.3 Å². The number of pyridine rings is 1. The largest absolute Gasteiger partial charge is 0.748 e. The molecule has 3 aromatic rings. The normalized spacial score (nSPS) is 11.7. The van der Waals surface area contributed by atoms with Gasteiger partial charge in [0.05, 0.1) is 16.7 Å². The molecular formula is C20H23FN4O5S. The molecule has 0 saturated carbocycles. The predicted molar refractivity (Wildman–Crippen MR) is 111 cm³/mol. The number of imidazole rings is 1. The lowest BCUT2D eigenvalue weighted by Crippen LogP contribution is -2.42. The van der Waals surface area contributed by atoms with Crippen molar-refractivity contribution in [2.24, 2.45) is 5.41 Å². The zero-order valence-electron chi connectivity index (χ0n) is 17.5. The number of hydrogen-bond donors (Lipinski definition) is 2. The number of nitrogens with one attached hydrogen (secondary N) is 1. The third-order valence-corrected chi connectivity index (χ3v) is 3.86. The van der Waals surface area contributed by atoms with E-state index >= 15 is 0 Å². The zero-order chi connectivity index (χ0) is 23.6. The SMILES string of the molecule is CC(C)(C)C[n+]1c(N)[nH]c2ccc(C(=O)C(=O)c3ccc(F)cc3)nc21.CS(=O)(=O)[O-]. The van der Waals surface area contributed by atoms with Gasteiger partial charge in [0.1, 0.15) is 5.82 Å². The van der Waals surface area contributed by atoms with Crippen molar-refractivity contribution in [1.29, 1.82) is 0 Å². The van der Waals surface area contributed by atoms with Gasteiger partial charge in [0.15, 0.2) is 11.2 Å². The van der Waals surface area contributed by atoms with E-state index in [9.17, 15) is 14.0 Å². The van der Waals surface area contributed by atoms with Crippen LogP contribution in [0.25, 0.3) is 11.2 Å².